The number of benzene rings is 2. The van der Waals surface area contributed by atoms with E-state index in [0.717, 1.165) is 10.9 Å². The second-order valence-corrected chi connectivity index (χ2v) is 11.8. The predicted molar refractivity (Wildman–Crippen MR) is 166 cm³/mol. The highest BCUT2D eigenvalue weighted by atomic mass is 79.9. The highest BCUT2D eigenvalue weighted by molar-refractivity contribution is 9.10. The molecule has 1 N–H and O–H groups in total. The number of carboxylic acids is 1. The van der Waals surface area contributed by atoms with Crippen molar-refractivity contribution in [1.82, 2.24) is 4.57 Å². The van der Waals surface area contributed by atoms with Crippen molar-refractivity contribution in [3.63, 3.8) is 0 Å². The number of hydrogen-bond acceptors (Lipinski definition) is 8. The first kappa shape index (κ1) is 30.5. The Kier molecular flexibility index (Phi) is 9.05. The molecule has 1 aliphatic heterocycles. The zero-order valence-corrected chi connectivity index (χ0v) is 26.5. The number of carbonyl (C=O) groups is 2. The summed E-state index contributed by atoms with van der Waals surface area (Å²) in [6.45, 7) is 3.88. The van der Waals surface area contributed by atoms with Crippen molar-refractivity contribution in [3.05, 3.63) is 106 Å². The van der Waals surface area contributed by atoms with Gasteiger partial charge in [-0.1, -0.05) is 52.2 Å². The molecule has 0 spiro atoms. The summed E-state index contributed by atoms with van der Waals surface area (Å²) in [6, 6.07) is 12.2. The number of thiazole rings is 1. The van der Waals surface area contributed by atoms with Gasteiger partial charge in [-0.2, -0.15) is 0 Å². The molecule has 0 amide bonds. The highest BCUT2D eigenvalue weighted by Gasteiger charge is 2.36. The molecule has 222 valence electrons. The fourth-order valence-corrected chi connectivity index (χ4v) is 6.47. The average Bonchev–Trinajstić information content (AvgIpc) is 3.56. The number of hydrogen-bond donors (Lipinski definition) is 1. The highest BCUT2D eigenvalue weighted by Crippen LogP contribution is 2.38. The number of ether oxygens (including phenoxy) is 2. The van der Waals surface area contributed by atoms with E-state index >= 15 is 0 Å². The van der Waals surface area contributed by atoms with E-state index in [9.17, 15) is 19.5 Å². The molecule has 3 heterocycles. The number of allylic oxidation sites excluding steroid dienone is 1. The van der Waals surface area contributed by atoms with Crippen LogP contribution in [0.1, 0.15) is 54.4 Å². The minimum absolute atomic E-state index is 0.0638. The minimum Gasteiger partial charge on any atom is -0.496 e. The van der Waals surface area contributed by atoms with Crippen LogP contribution in [0.4, 0.5) is 0 Å². The number of fused-ring (bicyclic) bond motifs is 1. The summed E-state index contributed by atoms with van der Waals surface area (Å²) in [5.41, 5.74) is 1.53. The van der Waals surface area contributed by atoms with E-state index in [4.69, 9.17) is 30.5 Å². The van der Waals surface area contributed by atoms with Gasteiger partial charge in [-0.25, -0.2) is 14.6 Å². The lowest BCUT2D eigenvalue weighted by molar-refractivity contribution is -0.139. The Morgan fingerprint density at radius 3 is 2.67 bits per heavy atom. The number of halogens is 2. The van der Waals surface area contributed by atoms with Crippen molar-refractivity contribution >= 4 is 56.9 Å². The van der Waals surface area contributed by atoms with E-state index in [1.807, 2.05) is 19.1 Å². The summed E-state index contributed by atoms with van der Waals surface area (Å²) in [4.78, 5) is 44.1. The van der Waals surface area contributed by atoms with Crippen molar-refractivity contribution in [2.24, 2.45) is 4.99 Å². The first-order valence-corrected chi connectivity index (χ1v) is 15.3. The van der Waals surface area contributed by atoms with Crippen LogP contribution < -0.4 is 19.6 Å². The molecule has 9 nitrogen and oxygen atoms in total. The largest absolute Gasteiger partial charge is 0.496 e. The molecule has 4 aromatic rings. The van der Waals surface area contributed by atoms with Crippen molar-refractivity contribution < 1.29 is 28.6 Å². The summed E-state index contributed by atoms with van der Waals surface area (Å²) in [7, 11) is 1.53. The standard InChI is InChI=1S/C31H26BrClN2O7S/c1-4-6-22-26(30(39)41-5-2)27(20-14-17(32)8-11-23(20)40-3)35-28(36)25(43-31(35)34-22)15-18-9-12-24(42-18)19-13-16(29(37)38)7-10-21(19)33/h7-15,27H,4-6H2,1-3H3,(H,37,38)/b25-15+/t27-/m0/s1. The van der Waals surface area contributed by atoms with Crippen molar-refractivity contribution in [3.8, 4) is 17.1 Å². The molecule has 1 atom stereocenters. The van der Waals surface area contributed by atoms with Crippen LogP contribution in [0, 0.1) is 0 Å². The maximum Gasteiger partial charge on any atom is 0.338 e. The van der Waals surface area contributed by atoms with Crippen LogP contribution in [0.15, 0.2) is 78.5 Å². The van der Waals surface area contributed by atoms with Crippen LogP contribution in [-0.2, 0) is 9.53 Å². The quantitative estimate of drug-likeness (QED) is 0.216. The molecule has 0 unspecified atom stereocenters. The molecular weight excluding hydrogens is 660 g/mol. The van der Waals surface area contributed by atoms with Crippen molar-refractivity contribution in [1.29, 1.82) is 0 Å². The number of rotatable bonds is 9. The second kappa shape index (κ2) is 12.7. The van der Waals surface area contributed by atoms with Crippen LogP contribution in [-0.4, -0.2) is 35.3 Å². The number of methoxy groups -OCH3 is 1. The normalized spacial score (nSPS) is 14.8. The van der Waals surface area contributed by atoms with Crippen LogP contribution in [0.2, 0.25) is 5.02 Å². The van der Waals surface area contributed by atoms with Gasteiger partial charge in [0, 0.05) is 21.7 Å². The number of carboxylic acid groups (broad SMARTS) is 1. The Hall–Kier alpha value is -3.93. The predicted octanol–water partition coefficient (Wildman–Crippen LogP) is 5.96. The Labute approximate surface area is 263 Å². The van der Waals surface area contributed by atoms with Gasteiger partial charge in [-0.3, -0.25) is 9.36 Å². The molecule has 2 aromatic heterocycles. The molecule has 0 aliphatic carbocycles. The van der Waals surface area contributed by atoms with E-state index in [-0.39, 0.29) is 23.3 Å². The van der Waals surface area contributed by atoms with Gasteiger partial charge >= 0.3 is 11.9 Å². The summed E-state index contributed by atoms with van der Waals surface area (Å²) >= 11 is 11.0. The first-order chi connectivity index (χ1) is 20.7. The summed E-state index contributed by atoms with van der Waals surface area (Å²) in [5, 5.41) is 9.70. The summed E-state index contributed by atoms with van der Waals surface area (Å²) in [5.74, 6) is -0.441. The monoisotopic (exact) mass is 684 g/mol. The van der Waals surface area contributed by atoms with Crippen molar-refractivity contribution in [2.45, 2.75) is 32.7 Å². The average molecular weight is 686 g/mol. The fraction of sp³-hybridized carbons (Fsp3) is 0.226. The maximum atomic E-state index is 14.1. The molecule has 43 heavy (non-hydrogen) atoms. The molecule has 0 fully saturated rings. The van der Waals surface area contributed by atoms with Gasteiger partial charge in [0.1, 0.15) is 23.3 Å². The lowest BCUT2D eigenvalue weighted by Crippen LogP contribution is -2.40. The molecule has 2 aromatic carbocycles. The zero-order valence-electron chi connectivity index (χ0n) is 23.4. The van der Waals surface area contributed by atoms with Gasteiger partial charge in [0.2, 0.25) is 0 Å². The van der Waals surface area contributed by atoms with Crippen LogP contribution in [0.5, 0.6) is 5.75 Å². The number of furan rings is 1. The molecule has 0 saturated heterocycles. The third-order valence-corrected chi connectivity index (χ3v) is 8.56. The molecule has 0 bridgehead atoms. The first-order valence-electron chi connectivity index (χ1n) is 13.3. The molecule has 12 heteroatoms. The topological polar surface area (TPSA) is 120 Å². The Bertz CT molecular complexity index is 1960. The lowest BCUT2D eigenvalue weighted by atomic mass is 9.93. The van der Waals surface area contributed by atoms with Crippen LogP contribution >= 0.6 is 38.9 Å². The second-order valence-electron chi connectivity index (χ2n) is 9.50. The van der Waals surface area contributed by atoms with E-state index < -0.39 is 18.0 Å². The van der Waals surface area contributed by atoms with E-state index in [1.54, 1.807) is 31.2 Å². The smallest absolute Gasteiger partial charge is 0.338 e. The molecule has 1 aliphatic rings. The van der Waals surface area contributed by atoms with Gasteiger partial charge in [0.15, 0.2) is 4.80 Å². The number of aromatic carboxylic acids is 1. The van der Waals surface area contributed by atoms with Gasteiger partial charge < -0.3 is 19.0 Å². The lowest BCUT2D eigenvalue weighted by Gasteiger charge is -2.27. The van der Waals surface area contributed by atoms with Gasteiger partial charge in [-0.05, 0) is 61.9 Å². The fourth-order valence-electron chi connectivity index (χ4n) is 4.89. The van der Waals surface area contributed by atoms with E-state index in [0.29, 0.717) is 54.9 Å². The minimum atomic E-state index is -1.09. The summed E-state index contributed by atoms with van der Waals surface area (Å²) < 4.78 is 19.7. The zero-order chi connectivity index (χ0) is 30.8. The number of aromatic nitrogens is 1. The third kappa shape index (κ3) is 5.97. The summed E-state index contributed by atoms with van der Waals surface area (Å²) in [6.07, 6.45) is 2.81. The molecule has 5 rings (SSSR count). The van der Waals surface area contributed by atoms with E-state index in [2.05, 4.69) is 15.9 Å². The third-order valence-electron chi connectivity index (χ3n) is 6.76. The van der Waals surface area contributed by atoms with Gasteiger partial charge in [-0.15, -0.1) is 0 Å². The Morgan fingerprint density at radius 2 is 1.98 bits per heavy atom. The molecule has 0 radical (unpaired) electrons. The van der Waals surface area contributed by atoms with Crippen LogP contribution in [0.3, 0.4) is 0 Å². The number of esters is 1. The Morgan fingerprint density at radius 1 is 1.19 bits per heavy atom. The molecular formula is C31H26BrClN2O7S. The van der Waals surface area contributed by atoms with Crippen molar-refractivity contribution in [2.75, 3.05) is 13.7 Å². The number of nitrogens with zero attached hydrogens (tertiary/aromatic N) is 2. The molecule has 0 saturated carbocycles. The van der Waals surface area contributed by atoms with E-state index in [1.165, 1.54) is 41.2 Å². The Balaban J connectivity index is 1.70. The van der Waals surface area contributed by atoms with Gasteiger partial charge in [0.05, 0.1) is 40.1 Å². The van der Waals surface area contributed by atoms with Gasteiger partial charge in [0.25, 0.3) is 5.56 Å². The van der Waals surface area contributed by atoms with Crippen LogP contribution in [0.25, 0.3) is 17.4 Å². The maximum absolute atomic E-state index is 14.1. The SMILES string of the molecule is CCCC1=C(C(=O)OCC)[C@H](c2cc(Br)ccc2OC)n2c(s/c(=C/c3ccc(-c4cc(C(=O)O)ccc4Cl)o3)c2=O)=N1. The number of carbonyl (C=O) groups excluding carboxylic acids is 1.